The van der Waals surface area contributed by atoms with Crippen molar-refractivity contribution in [2.24, 2.45) is 5.92 Å². The van der Waals surface area contributed by atoms with E-state index in [4.69, 9.17) is 18.9 Å². The van der Waals surface area contributed by atoms with Crippen molar-refractivity contribution in [3.8, 4) is 0 Å². The summed E-state index contributed by atoms with van der Waals surface area (Å²) in [5.41, 5.74) is 1.08. The van der Waals surface area contributed by atoms with Crippen molar-refractivity contribution >= 4 is 0 Å². The molecule has 0 aromatic heterocycles. The average molecular weight is 324 g/mol. The van der Waals surface area contributed by atoms with Crippen LogP contribution in [0.5, 0.6) is 0 Å². The van der Waals surface area contributed by atoms with Gasteiger partial charge >= 0.3 is 0 Å². The number of ether oxygens (including phenoxy) is 4. The lowest BCUT2D eigenvalue weighted by molar-refractivity contribution is -0.224. The minimum absolute atomic E-state index is 0.201. The quantitative estimate of drug-likeness (QED) is 0.814. The molecule has 2 heterocycles. The first kappa shape index (κ1) is 16.8. The first-order chi connectivity index (χ1) is 11.0. The molecule has 2 aliphatic rings. The van der Waals surface area contributed by atoms with Gasteiger partial charge in [-0.1, -0.05) is 30.3 Å². The van der Waals surface area contributed by atoms with Crippen LogP contribution in [0.3, 0.4) is 0 Å². The maximum atomic E-state index is 9.99. The van der Waals surface area contributed by atoms with Crippen LogP contribution in [-0.2, 0) is 25.6 Å². The molecule has 1 aromatic rings. The van der Waals surface area contributed by atoms with E-state index in [9.17, 15) is 10.2 Å². The second-order valence-corrected chi connectivity index (χ2v) is 6.48. The highest BCUT2D eigenvalue weighted by atomic mass is 16.8. The van der Waals surface area contributed by atoms with Gasteiger partial charge in [0.05, 0.1) is 25.9 Å². The number of fused-ring (bicyclic) bond motifs is 1. The molecule has 2 fully saturated rings. The maximum absolute atomic E-state index is 9.99. The normalized spacial score (nSPS) is 33.6. The third-order valence-corrected chi connectivity index (χ3v) is 4.21. The van der Waals surface area contributed by atoms with Crippen LogP contribution in [0.4, 0.5) is 0 Å². The Morgan fingerprint density at radius 3 is 2.65 bits per heavy atom. The summed E-state index contributed by atoms with van der Waals surface area (Å²) < 4.78 is 23.1. The minimum Gasteiger partial charge on any atom is -0.394 e. The van der Waals surface area contributed by atoms with Crippen molar-refractivity contribution in [2.75, 3.05) is 13.2 Å². The summed E-state index contributed by atoms with van der Waals surface area (Å²) >= 11 is 0. The van der Waals surface area contributed by atoms with Gasteiger partial charge in [0.25, 0.3) is 0 Å². The Morgan fingerprint density at radius 1 is 1.22 bits per heavy atom. The fraction of sp³-hybridized carbons (Fsp3) is 0.647. The standard InChI is InChI=1S/C17H24O6/c1-17(2)22-15-12(10-20-9-11-6-4-3-5-7-11)14(13(19)8-18)21-16(15)23-17/h3-7,12-16,18-19H,8-10H2,1-2H3/t12-,13-,14+,15-,16-/m1/s1. The summed E-state index contributed by atoms with van der Waals surface area (Å²) in [5.74, 6) is -0.921. The molecule has 128 valence electrons. The fourth-order valence-corrected chi connectivity index (χ4v) is 3.15. The summed E-state index contributed by atoms with van der Waals surface area (Å²) in [5, 5.41) is 19.2. The van der Waals surface area contributed by atoms with Crippen molar-refractivity contribution in [1.29, 1.82) is 0 Å². The van der Waals surface area contributed by atoms with E-state index in [0.717, 1.165) is 5.56 Å². The minimum atomic E-state index is -0.985. The highest BCUT2D eigenvalue weighted by Gasteiger charge is 2.56. The Balaban J connectivity index is 1.63. The zero-order valence-electron chi connectivity index (χ0n) is 13.4. The van der Waals surface area contributed by atoms with Crippen molar-refractivity contribution in [2.45, 2.75) is 50.8 Å². The number of hydrogen-bond donors (Lipinski definition) is 2. The highest BCUT2D eigenvalue weighted by Crippen LogP contribution is 2.41. The molecule has 5 atom stereocenters. The summed E-state index contributed by atoms with van der Waals surface area (Å²) in [6.07, 6.45) is -2.41. The fourth-order valence-electron chi connectivity index (χ4n) is 3.15. The Morgan fingerprint density at radius 2 is 1.96 bits per heavy atom. The third-order valence-electron chi connectivity index (χ3n) is 4.21. The van der Waals surface area contributed by atoms with Crippen LogP contribution in [0, 0.1) is 5.92 Å². The topological polar surface area (TPSA) is 77.4 Å². The van der Waals surface area contributed by atoms with Crippen LogP contribution in [-0.4, -0.2) is 53.8 Å². The van der Waals surface area contributed by atoms with Crippen molar-refractivity contribution < 1.29 is 29.2 Å². The molecule has 0 saturated carbocycles. The molecule has 0 aliphatic carbocycles. The largest absolute Gasteiger partial charge is 0.394 e. The molecule has 2 saturated heterocycles. The van der Waals surface area contributed by atoms with Crippen LogP contribution in [0.25, 0.3) is 0 Å². The molecule has 23 heavy (non-hydrogen) atoms. The maximum Gasteiger partial charge on any atom is 0.188 e. The zero-order chi connectivity index (χ0) is 16.4. The Bertz CT molecular complexity index is 505. The van der Waals surface area contributed by atoms with E-state index in [-0.39, 0.29) is 18.6 Å². The van der Waals surface area contributed by atoms with Crippen LogP contribution < -0.4 is 0 Å². The number of aliphatic hydroxyl groups excluding tert-OH is 2. The first-order valence-electron chi connectivity index (χ1n) is 7.92. The van der Waals surface area contributed by atoms with E-state index in [0.29, 0.717) is 13.2 Å². The first-order valence-corrected chi connectivity index (χ1v) is 7.92. The summed E-state index contributed by atoms with van der Waals surface area (Å²) in [7, 11) is 0. The van der Waals surface area contributed by atoms with Gasteiger partial charge < -0.3 is 29.2 Å². The molecule has 2 N–H and O–H groups in total. The van der Waals surface area contributed by atoms with Gasteiger partial charge in [-0.2, -0.15) is 0 Å². The molecular weight excluding hydrogens is 300 g/mol. The van der Waals surface area contributed by atoms with Gasteiger partial charge in [0, 0.05) is 5.92 Å². The molecule has 6 heteroatoms. The summed E-state index contributed by atoms with van der Waals surface area (Å²) in [4.78, 5) is 0. The summed E-state index contributed by atoms with van der Waals surface area (Å²) in [6.45, 7) is 4.11. The van der Waals surface area contributed by atoms with Gasteiger partial charge in [-0.3, -0.25) is 0 Å². The lowest BCUT2D eigenvalue weighted by Crippen LogP contribution is -2.40. The Hall–Kier alpha value is -1.02. The van der Waals surface area contributed by atoms with Gasteiger partial charge in [-0.15, -0.1) is 0 Å². The van der Waals surface area contributed by atoms with E-state index >= 15 is 0 Å². The molecule has 2 aliphatic heterocycles. The molecule has 3 rings (SSSR count). The van der Waals surface area contributed by atoms with Gasteiger partial charge in [-0.25, -0.2) is 0 Å². The van der Waals surface area contributed by atoms with E-state index in [1.165, 1.54) is 0 Å². The van der Waals surface area contributed by atoms with Crippen molar-refractivity contribution in [1.82, 2.24) is 0 Å². The molecule has 0 spiro atoms. The molecule has 0 radical (unpaired) electrons. The van der Waals surface area contributed by atoms with Gasteiger partial charge in [0.1, 0.15) is 12.2 Å². The second kappa shape index (κ2) is 6.84. The molecule has 6 nitrogen and oxygen atoms in total. The second-order valence-electron chi connectivity index (χ2n) is 6.48. The number of benzene rings is 1. The van der Waals surface area contributed by atoms with Crippen molar-refractivity contribution in [3.63, 3.8) is 0 Å². The molecule has 0 bridgehead atoms. The van der Waals surface area contributed by atoms with Crippen molar-refractivity contribution in [3.05, 3.63) is 35.9 Å². The predicted molar refractivity (Wildman–Crippen MR) is 81.4 cm³/mol. The zero-order valence-corrected chi connectivity index (χ0v) is 13.4. The third kappa shape index (κ3) is 3.74. The Kier molecular flexibility index (Phi) is 5.01. The lowest BCUT2D eigenvalue weighted by atomic mass is 9.95. The SMILES string of the molecule is CC1(C)O[C@H]2O[C@H]([C@H](O)CO)[C@@H](COCc3ccccc3)[C@H]2O1. The van der Waals surface area contributed by atoms with Crippen LogP contribution in [0.15, 0.2) is 30.3 Å². The van der Waals surface area contributed by atoms with E-state index in [1.807, 2.05) is 44.2 Å². The highest BCUT2D eigenvalue weighted by molar-refractivity contribution is 5.13. The van der Waals surface area contributed by atoms with Gasteiger partial charge in [-0.05, 0) is 19.4 Å². The van der Waals surface area contributed by atoms with Gasteiger partial charge in [0.2, 0.25) is 0 Å². The van der Waals surface area contributed by atoms with E-state index in [2.05, 4.69) is 0 Å². The van der Waals surface area contributed by atoms with E-state index < -0.39 is 24.3 Å². The number of aliphatic hydroxyl groups is 2. The molecule has 1 aromatic carbocycles. The molecule has 0 unspecified atom stereocenters. The number of hydrogen-bond acceptors (Lipinski definition) is 6. The van der Waals surface area contributed by atoms with Crippen LogP contribution in [0.1, 0.15) is 19.4 Å². The predicted octanol–water partition coefficient (Wildman–Crippen LogP) is 1.05. The molecular formula is C17H24O6. The monoisotopic (exact) mass is 324 g/mol. The van der Waals surface area contributed by atoms with Gasteiger partial charge in [0.15, 0.2) is 12.1 Å². The lowest BCUT2D eigenvalue weighted by Gasteiger charge is -2.27. The van der Waals surface area contributed by atoms with Crippen LogP contribution in [0.2, 0.25) is 0 Å². The van der Waals surface area contributed by atoms with Crippen LogP contribution >= 0.6 is 0 Å². The number of rotatable bonds is 6. The molecule has 0 amide bonds. The Labute approximate surface area is 135 Å². The smallest absolute Gasteiger partial charge is 0.188 e. The summed E-state index contributed by atoms with van der Waals surface area (Å²) in [6, 6.07) is 9.86. The average Bonchev–Trinajstić information content (AvgIpc) is 3.00. The van der Waals surface area contributed by atoms with E-state index in [1.54, 1.807) is 0 Å².